The third kappa shape index (κ3) is 2.43. The zero-order chi connectivity index (χ0) is 7.83. The van der Waals surface area contributed by atoms with E-state index in [1.54, 1.807) is 0 Å². The van der Waals surface area contributed by atoms with Gasteiger partial charge in [0, 0.05) is 10.8 Å². The molecule has 1 aliphatic rings. The van der Waals surface area contributed by atoms with E-state index in [1.807, 2.05) is 0 Å². The highest BCUT2D eigenvalue weighted by Gasteiger charge is 2.35. The third-order valence-electron chi connectivity index (χ3n) is 1.74. The summed E-state index contributed by atoms with van der Waals surface area (Å²) in [7, 11) is 0. The lowest BCUT2D eigenvalue weighted by Crippen LogP contribution is -2.00. The summed E-state index contributed by atoms with van der Waals surface area (Å²) in [4.78, 5) is 0. The number of rotatable bonds is 0. The summed E-state index contributed by atoms with van der Waals surface area (Å²) in [5.74, 6) is 6.60. The van der Waals surface area contributed by atoms with Gasteiger partial charge in [-0.25, -0.2) is 0 Å². The number of hydrogen-bond donors (Lipinski definition) is 0. The SMILES string of the molecule is CC(C)(C)C#CC1(C)CC1. The highest BCUT2D eigenvalue weighted by Crippen LogP contribution is 2.44. The summed E-state index contributed by atoms with van der Waals surface area (Å²) in [6.45, 7) is 8.72. The van der Waals surface area contributed by atoms with E-state index >= 15 is 0 Å². The average molecular weight is 136 g/mol. The van der Waals surface area contributed by atoms with Gasteiger partial charge in [-0.3, -0.25) is 0 Å². The summed E-state index contributed by atoms with van der Waals surface area (Å²) in [6, 6.07) is 0. The first-order valence-corrected chi connectivity index (χ1v) is 3.96. The van der Waals surface area contributed by atoms with Crippen molar-refractivity contribution in [1.29, 1.82) is 0 Å². The van der Waals surface area contributed by atoms with E-state index in [9.17, 15) is 0 Å². The molecule has 0 saturated heterocycles. The van der Waals surface area contributed by atoms with Crippen molar-refractivity contribution in [3.8, 4) is 11.8 Å². The van der Waals surface area contributed by atoms with Crippen LogP contribution in [0.5, 0.6) is 0 Å². The minimum Gasteiger partial charge on any atom is -0.0968 e. The monoisotopic (exact) mass is 136 g/mol. The maximum Gasteiger partial charge on any atom is 0.0287 e. The van der Waals surface area contributed by atoms with Crippen LogP contribution in [-0.4, -0.2) is 0 Å². The second-order valence-corrected chi connectivity index (χ2v) is 4.56. The van der Waals surface area contributed by atoms with Gasteiger partial charge in [0.05, 0.1) is 0 Å². The Morgan fingerprint density at radius 2 is 1.70 bits per heavy atom. The predicted octanol–water partition coefficient (Wildman–Crippen LogP) is 2.84. The fraction of sp³-hybridized carbons (Fsp3) is 0.800. The zero-order valence-electron chi connectivity index (χ0n) is 7.41. The second-order valence-electron chi connectivity index (χ2n) is 4.56. The quantitative estimate of drug-likeness (QED) is 0.449. The molecule has 1 aliphatic carbocycles. The Kier molecular flexibility index (Phi) is 1.55. The van der Waals surface area contributed by atoms with Crippen LogP contribution in [0.4, 0.5) is 0 Å². The van der Waals surface area contributed by atoms with Crippen LogP contribution in [0.1, 0.15) is 40.5 Å². The molecule has 0 heterocycles. The molecule has 0 unspecified atom stereocenters. The van der Waals surface area contributed by atoms with Crippen molar-refractivity contribution in [3.05, 3.63) is 0 Å². The third-order valence-corrected chi connectivity index (χ3v) is 1.74. The molecule has 0 N–H and O–H groups in total. The average Bonchev–Trinajstić information content (AvgIpc) is 2.43. The fourth-order valence-corrected chi connectivity index (χ4v) is 0.651. The van der Waals surface area contributed by atoms with Crippen LogP contribution >= 0.6 is 0 Å². The summed E-state index contributed by atoms with van der Waals surface area (Å²) in [5.41, 5.74) is 0.582. The Morgan fingerprint density at radius 1 is 1.20 bits per heavy atom. The molecule has 0 aromatic carbocycles. The topological polar surface area (TPSA) is 0 Å². The molecule has 0 radical (unpaired) electrons. The first-order valence-electron chi connectivity index (χ1n) is 3.96. The van der Waals surface area contributed by atoms with Gasteiger partial charge in [0.25, 0.3) is 0 Å². The van der Waals surface area contributed by atoms with Crippen LogP contribution in [-0.2, 0) is 0 Å². The van der Waals surface area contributed by atoms with E-state index in [0.717, 1.165) is 0 Å². The van der Waals surface area contributed by atoms with Crippen molar-refractivity contribution in [3.63, 3.8) is 0 Å². The largest absolute Gasteiger partial charge is 0.0968 e. The molecule has 0 amide bonds. The van der Waals surface area contributed by atoms with E-state index < -0.39 is 0 Å². The second kappa shape index (κ2) is 2.02. The normalized spacial score (nSPS) is 21.2. The molecular formula is C10H16. The molecule has 10 heavy (non-hydrogen) atoms. The molecule has 0 aromatic rings. The summed E-state index contributed by atoms with van der Waals surface area (Å²) < 4.78 is 0. The standard InChI is InChI=1S/C10H16/c1-9(2,3)5-6-10(4)7-8-10/h7-8H2,1-4H3. The van der Waals surface area contributed by atoms with Gasteiger partial charge in [-0.2, -0.15) is 0 Å². The molecule has 0 aliphatic heterocycles. The number of hydrogen-bond acceptors (Lipinski definition) is 0. The van der Waals surface area contributed by atoms with E-state index in [-0.39, 0.29) is 5.41 Å². The van der Waals surface area contributed by atoms with Crippen molar-refractivity contribution in [1.82, 2.24) is 0 Å². The van der Waals surface area contributed by atoms with Gasteiger partial charge < -0.3 is 0 Å². The van der Waals surface area contributed by atoms with Crippen LogP contribution in [0, 0.1) is 22.7 Å². The van der Waals surface area contributed by atoms with Crippen molar-refractivity contribution >= 4 is 0 Å². The van der Waals surface area contributed by atoms with Gasteiger partial charge >= 0.3 is 0 Å². The molecule has 1 fully saturated rings. The van der Waals surface area contributed by atoms with Gasteiger partial charge in [0.15, 0.2) is 0 Å². The highest BCUT2D eigenvalue weighted by atomic mass is 14.4. The Morgan fingerprint density at radius 3 is 2.00 bits per heavy atom. The van der Waals surface area contributed by atoms with Crippen LogP contribution < -0.4 is 0 Å². The van der Waals surface area contributed by atoms with Gasteiger partial charge in [-0.05, 0) is 40.5 Å². The lowest BCUT2D eigenvalue weighted by Gasteiger charge is -2.07. The zero-order valence-corrected chi connectivity index (χ0v) is 7.41. The van der Waals surface area contributed by atoms with Crippen LogP contribution in [0.2, 0.25) is 0 Å². The Balaban J connectivity index is 2.54. The minimum absolute atomic E-state index is 0.186. The van der Waals surface area contributed by atoms with Crippen molar-refractivity contribution in [2.75, 3.05) is 0 Å². The summed E-state index contributed by atoms with van der Waals surface area (Å²) in [6.07, 6.45) is 2.60. The molecule has 1 rings (SSSR count). The van der Waals surface area contributed by atoms with Gasteiger partial charge in [0.1, 0.15) is 0 Å². The predicted molar refractivity (Wildman–Crippen MR) is 44.6 cm³/mol. The maximum atomic E-state index is 3.32. The van der Waals surface area contributed by atoms with E-state index in [4.69, 9.17) is 0 Å². The Hall–Kier alpha value is -0.440. The first-order chi connectivity index (χ1) is 4.41. The van der Waals surface area contributed by atoms with Crippen LogP contribution in [0.15, 0.2) is 0 Å². The van der Waals surface area contributed by atoms with Gasteiger partial charge in [-0.1, -0.05) is 11.8 Å². The molecule has 0 atom stereocenters. The Labute approximate surface area is 64.0 Å². The Bertz CT molecular complexity index is 169. The van der Waals surface area contributed by atoms with Gasteiger partial charge in [0.2, 0.25) is 0 Å². The summed E-state index contributed by atoms with van der Waals surface area (Å²) in [5, 5.41) is 0. The van der Waals surface area contributed by atoms with E-state index in [1.165, 1.54) is 12.8 Å². The van der Waals surface area contributed by atoms with E-state index in [0.29, 0.717) is 5.41 Å². The molecule has 0 nitrogen and oxygen atoms in total. The molecule has 0 aromatic heterocycles. The van der Waals surface area contributed by atoms with Crippen LogP contribution in [0.3, 0.4) is 0 Å². The van der Waals surface area contributed by atoms with Crippen LogP contribution in [0.25, 0.3) is 0 Å². The smallest absolute Gasteiger partial charge is 0.0287 e. The molecular weight excluding hydrogens is 120 g/mol. The summed E-state index contributed by atoms with van der Waals surface area (Å²) >= 11 is 0. The van der Waals surface area contributed by atoms with Gasteiger partial charge in [-0.15, -0.1) is 0 Å². The van der Waals surface area contributed by atoms with Crippen molar-refractivity contribution in [2.45, 2.75) is 40.5 Å². The minimum atomic E-state index is 0.186. The highest BCUT2D eigenvalue weighted by molar-refractivity contribution is 5.20. The molecule has 0 spiro atoms. The lowest BCUT2D eigenvalue weighted by molar-refractivity contribution is 0.567. The molecule has 0 heteroatoms. The molecule has 0 bridgehead atoms. The lowest BCUT2D eigenvalue weighted by atomic mass is 9.96. The fourth-order valence-electron chi connectivity index (χ4n) is 0.651. The molecule has 1 saturated carbocycles. The molecule has 56 valence electrons. The van der Waals surface area contributed by atoms with Crippen molar-refractivity contribution in [2.24, 2.45) is 10.8 Å². The van der Waals surface area contributed by atoms with E-state index in [2.05, 4.69) is 39.5 Å². The maximum absolute atomic E-state index is 3.32. The first kappa shape index (κ1) is 7.66. The van der Waals surface area contributed by atoms with Crippen molar-refractivity contribution < 1.29 is 0 Å².